The quantitative estimate of drug-likeness (QED) is 0.482. The van der Waals surface area contributed by atoms with Crippen molar-refractivity contribution in [2.75, 3.05) is 57.1 Å². The van der Waals surface area contributed by atoms with Crippen LogP contribution in [0.15, 0.2) is 35.2 Å². The number of methoxy groups -OCH3 is 1. The van der Waals surface area contributed by atoms with Crippen molar-refractivity contribution in [2.45, 2.75) is 4.90 Å². The van der Waals surface area contributed by atoms with Gasteiger partial charge in [-0.3, -0.25) is 4.90 Å². The maximum absolute atomic E-state index is 13.6. The van der Waals surface area contributed by atoms with Crippen LogP contribution in [0.1, 0.15) is 0 Å². The van der Waals surface area contributed by atoms with Crippen molar-refractivity contribution in [1.29, 1.82) is 0 Å². The lowest BCUT2D eigenvalue weighted by Crippen LogP contribution is -2.49. The molecule has 0 radical (unpaired) electrons. The number of nitrogens with one attached hydrogen (secondary N) is 2. The van der Waals surface area contributed by atoms with Crippen molar-refractivity contribution in [3.63, 3.8) is 0 Å². The van der Waals surface area contributed by atoms with E-state index in [0.717, 1.165) is 6.07 Å². The number of rotatable bonds is 7. The lowest BCUT2D eigenvalue weighted by molar-refractivity contribution is 0.123. The maximum Gasteiger partial charge on any atom is 0.323 e. The molecule has 0 aromatic heterocycles. The third kappa shape index (κ3) is 5.86. The normalized spacial score (nSPS) is 15.4. The fourth-order valence-electron chi connectivity index (χ4n) is 3.31. The molecule has 3 rings (SSSR count). The molecule has 0 saturated carbocycles. The summed E-state index contributed by atoms with van der Waals surface area (Å²) in [6.45, 7) is 2.62. The lowest BCUT2D eigenvalue weighted by atomic mass is 10.3. The van der Waals surface area contributed by atoms with Crippen LogP contribution >= 0.6 is 23.2 Å². The molecule has 1 fully saturated rings. The number of urea groups is 1. The van der Waals surface area contributed by atoms with E-state index in [9.17, 15) is 22.7 Å². The Hall–Kier alpha value is -2.15. The molecule has 2 aromatic rings. The topological polar surface area (TPSA) is 111 Å². The minimum Gasteiger partial charge on any atom is -0.504 e. The Morgan fingerprint density at radius 1 is 1.12 bits per heavy atom. The van der Waals surface area contributed by atoms with E-state index in [1.54, 1.807) is 7.11 Å². The second kappa shape index (κ2) is 10.9. The Kier molecular flexibility index (Phi) is 8.38. The van der Waals surface area contributed by atoms with Crippen molar-refractivity contribution in [3.05, 3.63) is 46.2 Å². The van der Waals surface area contributed by atoms with Gasteiger partial charge in [-0.05, 0) is 24.3 Å². The minimum absolute atomic E-state index is 0.00167. The van der Waals surface area contributed by atoms with Gasteiger partial charge < -0.3 is 20.5 Å². The molecule has 2 amide bonds. The minimum atomic E-state index is -4.15. The van der Waals surface area contributed by atoms with Gasteiger partial charge in [0.1, 0.15) is 10.7 Å². The van der Waals surface area contributed by atoms with Crippen molar-refractivity contribution in [1.82, 2.24) is 9.21 Å². The molecular weight excluding hydrogens is 498 g/mol. The van der Waals surface area contributed by atoms with Crippen molar-refractivity contribution >= 4 is 50.6 Å². The highest BCUT2D eigenvalue weighted by molar-refractivity contribution is 7.89. The number of hydrogen-bond donors (Lipinski definition) is 3. The number of nitrogens with zero attached hydrogens (tertiary/aromatic N) is 2. The zero-order valence-corrected chi connectivity index (χ0v) is 20.0. The van der Waals surface area contributed by atoms with E-state index in [2.05, 4.69) is 15.5 Å². The first-order valence-electron chi connectivity index (χ1n) is 9.90. The average molecular weight is 521 g/mol. The summed E-state index contributed by atoms with van der Waals surface area (Å²) in [4.78, 5) is 13.9. The van der Waals surface area contributed by atoms with Gasteiger partial charge in [0, 0.05) is 39.8 Å². The standard InChI is InChI=1S/C20H23Cl2FN4O5S/c1-32-12-11-26-7-9-27(10-8-26)33(30,31)19-13(21)5-6-16(18(19)28)25-20(29)24-15-4-2-3-14(23)17(15)22/h2-6,28H,7-12H2,1H3,(H2,24,25,29). The number of halogens is 3. The number of phenols is 1. The number of phenolic OH excluding ortho intramolecular Hbond substituents is 1. The molecule has 180 valence electrons. The van der Waals surface area contributed by atoms with Gasteiger partial charge in [-0.1, -0.05) is 29.3 Å². The van der Waals surface area contributed by atoms with E-state index in [1.165, 1.54) is 28.6 Å². The second-order valence-electron chi connectivity index (χ2n) is 7.19. The molecule has 0 unspecified atom stereocenters. The van der Waals surface area contributed by atoms with Gasteiger partial charge in [0.05, 0.1) is 28.0 Å². The van der Waals surface area contributed by atoms with Crippen molar-refractivity contribution in [2.24, 2.45) is 0 Å². The first-order chi connectivity index (χ1) is 15.6. The van der Waals surface area contributed by atoms with Crippen LogP contribution in [0.2, 0.25) is 10.0 Å². The molecule has 0 aliphatic carbocycles. The van der Waals surface area contributed by atoms with Crippen LogP contribution in [-0.4, -0.2) is 75.2 Å². The van der Waals surface area contributed by atoms with Gasteiger partial charge in [0.2, 0.25) is 10.0 Å². The van der Waals surface area contributed by atoms with Crippen LogP contribution in [0.3, 0.4) is 0 Å². The van der Waals surface area contributed by atoms with E-state index >= 15 is 0 Å². The van der Waals surface area contributed by atoms with Crippen LogP contribution in [0.4, 0.5) is 20.6 Å². The van der Waals surface area contributed by atoms with Gasteiger partial charge >= 0.3 is 6.03 Å². The summed E-state index contributed by atoms with van der Waals surface area (Å²) >= 11 is 11.9. The number of carbonyl (C=O) groups is 1. The summed E-state index contributed by atoms with van der Waals surface area (Å²) in [5.74, 6) is -1.43. The van der Waals surface area contributed by atoms with Crippen LogP contribution in [0, 0.1) is 5.82 Å². The average Bonchev–Trinajstić information content (AvgIpc) is 2.77. The molecule has 9 nitrogen and oxygen atoms in total. The highest BCUT2D eigenvalue weighted by Crippen LogP contribution is 2.39. The number of piperazine rings is 1. The summed E-state index contributed by atoms with van der Waals surface area (Å²) in [5.41, 5.74) is -0.191. The molecule has 0 bridgehead atoms. The van der Waals surface area contributed by atoms with Crippen LogP contribution in [-0.2, 0) is 14.8 Å². The summed E-state index contributed by atoms with van der Waals surface area (Å²) in [6.07, 6.45) is 0. The number of benzene rings is 2. The van der Waals surface area contributed by atoms with Crippen LogP contribution in [0.25, 0.3) is 0 Å². The van der Waals surface area contributed by atoms with Gasteiger partial charge in [0.15, 0.2) is 5.75 Å². The zero-order valence-electron chi connectivity index (χ0n) is 17.6. The molecular formula is C20H23Cl2FN4O5S. The Labute approximate surface area is 201 Å². The Morgan fingerprint density at radius 2 is 1.79 bits per heavy atom. The predicted molar refractivity (Wildman–Crippen MR) is 124 cm³/mol. The zero-order chi connectivity index (χ0) is 24.2. The number of amides is 2. The van der Waals surface area contributed by atoms with Gasteiger partial charge in [-0.25, -0.2) is 17.6 Å². The molecule has 1 saturated heterocycles. The number of ether oxygens (including phenoxy) is 1. The van der Waals surface area contributed by atoms with E-state index in [4.69, 9.17) is 27.9 Å². The number of anilines is 2. The molecule has 1 heterocycles. The monoisotopic (exact) mass is 520 g/mol. The molecule has 33 heavy (non-hydrogen) atoms. The summed E-state index contributed by atoms with van der Waals surface area (Å²) in [6, 6.07) is 5.52. The molecule has 3 N–H and O–H groups in total. The molecule has 0 atom stereocenters. The van der Waals surface area contributed by atoms with E-state index < -0.39 is 32.5 Å². The molecule has 1 aliphatic heterocycles. The molecule has 1 aliphatic rings. The third-order valence-electron chi connectivity index (χ3n) is 5.07. The number of sulfonamides is 1. The first kappa shape index (κ1) is 25.5. The summed E-state index contributed by atoms with van der Waals surface area (Å²) in [5, 5.41) is 14.9. The number of carbonyl (C=O) groups excluding carboxylic acids is 1. The summed E-state index contributed by atoms with van der Waals surface area (Å²) < 4.78 is 46.3. The third-order valence-corrected chi connectivity index (χ3v) is 7.86. The second-order valence-corrected chi connectivity index (χ2v) is 9.85. The van der Waals surface area contributed by atoms with Gasteiger partial charge in [0.25, 0.3) is 0 Å². The van der Waals surface area contributed by atoms with Gasteiger partial charge in [-0.15, -0.1) is 0 Å². The smallest absolute Gasteiger partial charge is 0.323 e. The highest BCUT2D eigenvalue weighted by Gasteiger charge is 2.33. The SMILES string of the molecule is COCCN1CCN(S(=O)(=O)c2c(Cl)ccc(NC(=O)Nc3cccc(F)c3Cl)c2O)CC1. The van der Waals surface area contributed by atoms with E-state index in [1.807, 2.05) is 0 Å². The van der Waals surface area contributed by atoms with Crippen LogP contribution < -0.4 is 10.6 Å². The first-order valence-corrected chi connectivity index (χ1v) is 12.1. The molecule has 13 heteroatoms. The Morgan fingerprint density at radius 3 is 2.45 bits per heavy atom. The largest absolute Gasteiger partial charge is 0.504 e. The predicted octanol–water partition coefficient (Wildman–Crippen LogP) is 3.43. The molecule has 0 spiro atoms. The highest BCUT2D eigenvalue weighted by atomic mass is 35.5. The van der Waals surface area contributed by atoms with E-state index in [-0.39, 0.29) is 34.5 Å². The number of hydrogen-bond acceptors (Lipinski definition) is 6. The Bertz CT molecular complexity index is 1130. The maximum atomic E-state index is 13.6. The fraction of sp³-hybridized carbons (Fsp3) is 0.350. The molecule has 2 aromatic carbocycles. The lowest BCUT2D eigenvalue weighted by Gasteiger charge is -2.34. The number of aromatic hydroxyl groups is 1. The Balaban J connectivity index is 1.78. The van der Waals surface area contributed by atoms with Crippen LogP contribution in [0.5, 0.6) is 5.75 Å². The fourth-order valence-corrected chi connectivity index (χ4v) is 5.50. The summed E-state index contributed by atoms with van der Waals surface area (Å²) in [7, 11) is -2.55. The van der Waals surface area contributed by atoms with E-state index in [0.29, 0.717) is 26.2 Å². The van der Waals surface area contributed by atoms with Crippen molar-refractivity contribution < 1.29 is 27.4 Å². The van der Waals surface area contributed by atoms with Crippen molar-refractivity contribution in [3.8, 4) is 5.75 Å². The van der Waals surface area contributed by atoms with Gasteiger partial charge in [-0.2, -0.15) is 4.31 Å².